The number of Topliss-reactive ketones (excluding diaryl/α,β-unsaturated/α-hetero) is 1. The van der Waals surface area contributed by atoms with Gasteiger partial charge in [-0.15, -0.1) is 0 Å². The number of nitrogen functional groups attached to an aromatic ring is 1. The minimum atomic E-state index is -0.271. The first-order chi connectivity index (χ1) is 11.0. The van der Waals surface area contributed by atoms with Crippen molar-refractivity contribution >= 4 is 28.5 Å². The summed E-state index contributed by atoms with van der Waals surface area (Å²) in [7, 11) is 0. The van der Waals surface area contributed by atoms with Crippen molar-refractivity contribution in [1.82, 2.24) is 9.40 Å². The molecule has 0 saturated heterocycles. The monoisotopic (exact) mass is 329 g/mol. The zero-order chi connectivity index (χ0) is 16.2. The number of benzene rings is 1. The average molecular weight is 329 g/mol. The molecule has 2 aromatic rings. The quantitative estimate of drug-likeness (QED) is 0.500. The van der Waals surface area contributed by atoms with Crippen molar-refractivity contribution < 1.29 is 4.79 Å². The molecule has 1 aromatic carbocycles. The van der Waals surface area contributed by atoms with Crippen molar-refractivity contribution in [3.05, 3.63) is 40.3 Å². The van der Waals surface area contributed by atoms with Gasteiger partial charge in [-0.1, -0.05) is 6.07 Å². The molecule has 2 aliphatic rings. The van der Waals surface area contributed by atoms with Crippen LogP contribution in [0.4, 0.5) is 0 Å². The van der Waals surface area contributed by atoms with E-state index in [1.165, 1.54) is 31.0 Å². The van der Waals surface area contributed by atoms with E-state index < -0.39 is 0 Å². The molecule has 0 radical (unpaired) electrons. The highest BCUT2D eigenvalue weighted by atomic mass is 32.2. The van der Waals surface area contributed by atoms with Crippen LogP contribution in [0.25, 0.3) is 10.8 Å². The Labute approximate surface area is 138 Å². The van der Waals surface area contributed by atoms with Crippen LogP contribution in [0.1, 0.15) is 43.0 Å². The van der Waals surface area contributed by atoms with E-state index in [-0.39, 0.29) is 22.8 Å². The van der Waals surface area contributed by atoms with E-state index in [2.05, 4.69) is 11.6 Å². The number of rotatable bonds is 5. The van der Waals surface area contributed by atoms with Gasteiger partial charge in [0.15, 0.2) is 5.78 Å². The number of hydrogen-bond acceptors (Lipinski definition) is 5. The van der Waals surface area contributed by atoms with Crippen LogP contribution in [-0.4, -0.2) is 16.0 Å². The predicted octanol–water partition coefficient (Wildman–Crippen LogP) is 2.46. The van der Waals surface area contributed by atoms with Crippen LogP contribution in [0.2, 0.25) is 0 Å². The molecule has 2 aliphatic carbocycles. The summed E-state index contributed by atoms with van der Waals surface area (Å²) in [5.74, 6) is 5.97. The zero-order valence-corrected chi connectivity index (χ0v) is 13.8. The molecule has 2 fully saturated rings. The molecule has 4 rings (SSSR count). The van der Waals surface area contributed by atoms with Crippen molar-refractivity contribution in [2.24, 2.45) is 5.92 Å². The Hall–Kier alpha value is -1.79. The SMILES string of the molecule is CC1(NSc2ccc3c(C(=O)C4CC4)cn(N)c(=O)c3c2)CC1. The average Bonchev–Trinajstić information content (AvgIpc) is 3.45. The lowest BCUT2D eigenvalue weighted by molar-refractivity contribution is 0.0968. The summed E-state index contributed by atoms with van der Waals surface area (Å²) < 4.78 is 4.45. The van der Waals surface area contributed by atoms with Crippen molar-refractivity contribution in [3.8, 4) is 0 Å². The second kappa shape index (κ2) is 5.11. The largest absolute Gasteiger partial charge is 0.336 e. The maximum Gasteiger partial charge on any atom is 0.276 e. The number of hydrogen-bond donors (Lipinski definition) is 2. The van der Waals surface area contributed by atoms with Crippen LogP contribution in [0.5, 0.6) is 0 Å². The smallest absolute Gasteiger partial charge is 0.276 e. The topological polar surface area (TPSA) is 77.1 Å². The highest BCUT2D eigenvalue weighted by molar-refractivity contribution is 7.97. The molecule has 23 heavy (non-hydrogen) atoms. The van der Waals surface area contributed by atoms with E-state index in [4.69, 9.17) is 5.84 Å². The van der Waals surface area contributed by atoms with Gasteiger partial charge in [0.25, 0.3) is 5.56 Å². The molecule has 0 amide bonds. The minimum Gasteiger partial charge on any atom is -0.336 e. The molecule has 120 valence electrons. The van der Waals surface area contributed by atoms with Gasteiger partial charge < -0.3 is 5.84 Å². The number of nitrogens with one attached hydrogen (secondary N) is 1. The van der Waals surface area contributed by atoms with Gasteiger partial charge in [0, 0.05) is 28.1 Å². The molecule has 1 heterocycles. The predicted molar refractivity (Wildman–Crippen MR) is 92.0 cm³/mol. The summed E-state index contributed by atoms with van der Waals surface area (Å²) in [6.45, 7) is 2.18. The summed E-state index contributed by atoms with van der Waals surface area (Å²) in [5, 5.41) is 1.21. The van der Waals surface area contributed by atoms with Gasteiger partial charge >= 0.3 is 0 Å². The lowest BCUT2D eigenvalue weighted by Crippen LogP contribution is -2.28. The Kier molecular flexibility index (Phi) is 3.28. The Morgan fingerprint density at radius 1 is 1.35 bits per heavy atom. The second-order valence-corrected chi connectivity index (χ2v) is 7.75. The fourth-order valence-corrected chi connectivity index (χ4v) is 3.52. The molecular formula is C17H19N3O2S. The van der Waals surface area contributed by atoms with Gasteiger partial charge in [0.2, 0.25) is 0 Å². The van der Waals surface area contributed by atoms with Gasteiger partial charge in [-0.05, 0) is 62.1 Å². The zero-order valence-electron chi connectivity index (χ0n) is 13.0. The fraction of sp³-hybridized carbons (Fsp3) is 0.412. The lowest BCUT2D eigenvalue weighted by Gasteiger charge is -2.12. The molecule has 0 bridgehead atoms. The van der Waals surface area contributed by atoms with Gasteiger partial charge in [0.05, 0.1) is 5.39 Å². The summed E-state index contributed by atoms with van der Waals surface area (Å²) in [6.07, 6.45) is 5.68. The Morgan fingerprint density at radius 2 is 2.09 bits per heavy atom. The molecule has 6 heteroatoms. The van der Waals surface area contributed by atoms with Gasteiger partial charge in [-0.3, -0.25) is 14.3 Å². The molecule has 5 nitrogen and oxygen atoms in total. The number of fused-ring (bicyclic) bond motifs is 1. The first-order valence-corrected chi connectivity index (χ1v) is 8.71. The Morgan fingerprint density at radius 3 is 2.74 bits per heavy atom. The van der Waals surface area contributed by atoms with Crippen LogP contribution < -0.4 is 16.1 Å². The van der Waals surface area contributed by atoms with E-state index in [9.17, 15) is 9.59 Å². The third kappa shape index (κ3) is 2.77. The first kappa shape index (κ1) is 14.8. The summed E-state index contributed by atoms with van der Waals surface area (Å²) in [4.78, 5) is 25.8. The van der Waals surface area contributed by atoms with E-state index >= 15 is 0 Å². The lowest BCUT2D eigenvalue weighted by atomic mass is 10.0. The van der Waals surface area contributed by atoms with Crippen molar-refractivity contribution in [2.45, 2.75) is 43.0 Å². The fourth-order valence-electron chi connectivity index (χ4n) is 2.64. The number of nitrogens with zero attached hydrogens (tertiary/aromatic N) is 1. The van der Waals surface area contributed by atoms with E-state index in [0.29, 0.717) is 16.3 Å². The van der Waals surface area contributed by atoms with Crippen LogP contribution in [0.15, 0.2) is 34.1 Å². The molecule has 3 N–H and O–H groups in total. The Balaban J connectivity index is 1.75. The van der Waals surface area contributed by atoms with Crippen LogP contribution >= 0.6 is 11.9 Å². The van der Waals surface area contributed by atoms with Crippen LogP contribution in [-0.2, 0) is 0 Å². The number of carbonyl (C=O) groups is 1. The van der Waals surface area contributed by atoms with E-state index in [1.807, 2.05) is 18.2 Å². The standard InChI is InChI=1S/C17H19N3O2S/c1-17(6-7-17)19-23-11-4-5-12-13(8-11)16(22)20(18)9-14(12)15(21)10-2-3-10/h4-5,8-10,19H,2-3,6-7,18H2,1H3. The maximum atomic E-state index is 12.4. The molecule has 2 saturated carbocycles. The van der Waals surface area contributed by atoms with Crippen molar-refractivity contribution in [3.63, 3.8) is 0 Å². The number of ketones is 1. The van der Waals surface area contributed by atoms with E-state index in [0.717, 1.165) is 22.4 Å². The van der Waals surface area contributed by atoms with Gasteiger partial charge in [-0.2, -0.15) is 0 Å². The van der Waals surface area contributed by atoms with E-state index in [1.54, 1.807) is 0 Å². The summed E-state index contributed by atoms with van der Waals surface area (Å²) in [6, 6.07) is 5.65. The number of nitrogens with two attached hydrogens (primary N) is 1. The molecular weight excluding hydrogens is 310 g/mol. The number of pyridine rings is 1. The molecule has 0 unspecified atom stereocenters. The molecule has 0 atom stereocenters. The summed E-state index contributed by atoms with van der Waals surface area (Å²) in [5.41, 5.74) is 0.494. The Bertz CT molecular complexity index is 866. The van der Waals surface area contributed by atoms with Crippen LogP contribution in [0.3, 0.4) is 0 Å². The number of carbonyl (C=O) groups excluding carboxylic acids is 1. The minimum absolute atomic E-state index is 0.0956. The van der Waals surface area contributed by atoms with Crippen LogP contribution in [0, 0.1) is 5.92 Å². The normalized spacial score (nSPS) is 19.0. The van der Waals surface area contributed by atoms with Gasteiger partial charge in [-0.25, -0.2) is 4.68 Å². The van der Waals surface area contributed by atoms with Crippen molar-refractivity contribution in [1.29, 1.82) is 0 Å². The highest BCUT2D eigenvalue weighted by Crippen LogP contribution is 2.38. The first-order valence-electron chi connectivity index (χ1n) is 7.90. The molecule has 0 aliphatic heterocycles. The maximum absolute atomic E-state index is 12.4. The number of aromatic nitrogens is 1. The second-order valence-electron chi connectivity index (χ2n) is 6.87. The molecule has 1 aromatic heterocycles. The third-order valence-electron chi connectivity index (χ3n) is 4.64. The molecule has 0 spiro atoms. The highest BCUT2D eigenvalue weighted by Gasteiger charge is 2.37. The van der Waals surface area contributed by atoms with Crippen molar-refractivity contribution in [2.75, 3.05) is 5.84 Å². The summed E-state index contributed by atoms with van der Waals surface area (Å²) >= 11 is 1.53. The third-order valence-corrected chi connectivity index (χ3v) is 5.73. The van der Waals surface area contributed by atoms with Gasteiger partial charge in [0.1, 0.15) is 0 Å².